The van der Waals surface area contributed by atoms with E-state index < -0.39 is 17.5 Å². The molecule has 2 aliphatic rings. The fraction of sp³-hybridized carbons (Fsp3) is 0.444. The van der Waals surface area contributed by atoms with Gasteiger partial charge in [-0.3, -0.25) is 19.3 Å². The van der Waals surface area contributed by atoms with Gasteiger partial charge in [0.25, 0.3) is 11.8 Å². The Morgan fingerprint density at radius 3 is 2.69 bits per heavy atom. The van der Waals surface area contributed by atoms with Crippen LogP contribution in [0.2, 0.25) is 0 Å². The topological polar surface area (TPSA) is 108 Å². The van der Waals surface area contributed by atoms with E-state index in [-0.39, 0.29) is 24.3 Å². The van der Waals surface area contributed by atoms with Crippen LogP contribution in [-0.2, 0) is 9.59 Å². The first-order chi connectivity index (χ1) is 12.3. The fourth-order valence-electron chi connectivity index (χ4n) is 3.14. The third-order valence-electron chi connectivity index (χ3n) is 4.74. The van der Waals surface area contributed by atoms with E-state index in [4.69, 9.17) is 0 Å². The van der Waals surface area contributed by atoms with Crippen LogP contribution in [0.15, 0.2) is 24.3 Å². The highest BCUT2D eigenvalue weighted by Crippen LogP contribution is 2.42. The molecular formula is C18H22N4O4. The van der Waals surface area contributed by atoms with Gasteiger partial charge in [0.05, 0.1) is 0 Å². The molecule has 1 saturated carbocycles. The average molecular weight is 358 g/mol. The number of amides is 5. The van der Waals surface area contributed by atoms with Crippen LogP contribution in [0.4, 0.5) is 10.5 Å². The Balaban J connectivity index is 1.64. The third-order valence-corrected chi connectivity index (χ3v) is 4.74. The van der Waals surface area contributed by atoms with Crippen molar-refractivity contribution in [1.82, 2.24) is 15.5 Å². The maximum absolute atomic E-state index is 12.5. The third kappa shape index (κ3) is 3.40. The number of anilines is 1. The zero-order chi connectivity index (χ0) is 18.9. The van der Waals surface area contributed by atoms with Gasteiger partial charge in [-0.05, 0) is 50.8 Å². The number of carbonyl (C=O) groups excluding carboxylic acids is 4. The molecule has 8 nitrogen and oxygen atoms in total. The smallest absolute Gasteiger partial charge is 0.325 e. The van der Waals surface area contributed by atoms with Crippen LogP contribution >= 0.6 is 0 Å². The molecule has 1 aliphatic carbocycles. The van der Waals surface area contributed by atoms with Crippen molar-refractivity contribution in [1.29, 1.82) is 0 Å². The summed E-state index contributed by atoms with van der Waals surface area (Å²) >= 11 is 0. The van der Waals surface area contributed by atoms with E-state index in [0.29, 0.717) is 17.8 Å². The van der Waals surface area contributed by atoms with E-state index in [1.807, 2.05) is 6.92 Å². The van der Waals surface area contributed by atoms with Crippen LogP contribution < -0.4 is 16.0 Å². The summed E-state index contributed by atoms with van der Waals surface area (Å²) in [5, 5.41) is 8.01. The lowest BCUT2D eigenvalue weighted by atomic mass is 9.96. The van der Waals surface area contributed by atoms with E-state index in [0.717, 1.165) is 17.7 Å². The summed E-state index contributed by atoms with van der Waals surface area (Å²) in [7, 11) is 0. The van der Waals surface area contributed by atoms with Crippen LogP contribution in [0, 0.1) is 5.92 Å². The average Bonchev–Trinajstić information content (AvgIpc) is 3.42. The maximum atomic E-state index is 12.5. The van der Waals surface area contributed by atoms with E-state index in [1.165, 1.54) is 0 Å². The van der Waals surface area contributed by atoms with E-state index in [1.54, 1.807) is 31.2 Å². The summed E-state index contributed by atoms with van der Waals surface area (Å²) in [6.45, 7) is 3.66. The number of nitrogens with one attached hydrogen (secondary N) is 3. The Hall–Kier alpha value is -2.90. The highest BCUT2D eigenvalue weighted by molar-refractivity contribution is 6.10. The van der Waals surface area contributed by atoms with Gasteiger partial charge in [0, 0.05) is 17.8 Å². The molecule has 0 bridgehead atoms. The molecule has 0 aromatic heterocycles. The molecule has 1 atom stereocenters. The Bertz CT molecular complexity index is 774. The monoisotopic (exact) mass is 358 g/mol. The number of urea groups is 1. The van der Waals surface area contributed by atoms with Crippen LogP contribution in [0.1, 0.15) is 37.0 Å². The first-order valence-corrected chi connectivity index (χ1v) is 8.67. The minimum absolute atomic E-state index is 0.140. The molecule has 26 heavy (non-hydrogen) atoms. The minimum atomic E-state index is -0.907. The molecule has 3 N–H and O–H groups in total. The standard InChI is InChI=1S/C18H22N4O4/c1-3-19-15(24)11-5-4-6-13(9-11)20-14(23)10-22-16(25)18(2,12-7-8-12)21-17(22)26/h4-6,9,12H,3,7-8,10H2,1-2H3,(H,19,24)(H,20,23)(H,21,26)/t18-/m1/s1. The molecule has 1 saturated heterocycles. The highest BCUT2D eigenvalue weighted by Gasteiger charge is 2.56. The van der Waals surface area contributed by atoms with Gasteiger partial charge in [-0.15, -0.1) is 0 Å². The molecule has 1 aromatic carbocycles. The van der Waals surface area contributed by atoms with Gasteiger partial charge in [0.15, 0.2) is 0 Å². The number of rotatable bonds is 6. The van der Waals surface area contributed by atoms with E-state index >= 15 is 0 Å². The van der Waals surface area contributed by atoms with Crippen LogP contribution in [0.25, 0.3) is 0 Å². The van der Waals surface area contributed by atoms with Crippen molar-refractivity contribution in [3.8, 4) is 0 Å². The second-order valence-electron chi connectivity index (χ2n) is 6.79. The molecule has 5 amide bonds. The predicted octanol–water partition coefficient (Wildman–Crippen LogP) is 1.10. The SMILES string of the molecule is CCNC(=O)c1cccc(NC(=O)CN2C(=O)N[C@](C)(C3CC3)C2=O)c1. The predicted molar refractivity (Wildman–Crippen MR) is 94.5 cm³/mol. The Kier molecular flexibility index (Phi) is 4.67. The first-order valence-electron chi connectivity index (χ1n) is 8.67. The molecule has 0 spiro atoms. The van der Waals surface area contributed by atoms with E-state index in [2.05, 4.69) is 16.0 Å². The molecule has 3 rings (SSSR count). The zero-order valence-corrected chi connectivity index (χ0v) is 14.8. The lowest BCUT2D eigenvalue weighted by molar-refractivity contribution is -0.134. The van der Waals surface area contributed by atoms with E-state index in [9.17, 15) is 19.2 Å². The van der Waals surface area contributed by atoms with Crippen molar-refractivity contribution in [3.63, 3.8) is 0 Å². The van der Waals surface area contributed by atoms with Gasteiger partial charge < -0.3 is 16.0 Å². The van der Waals surface area contributed by atoms with Gasteiger partial charge in [-0.2, -0.15) is 0 Å². The number of carbonyl (C=O) groups is 4. The molecule has 2 fully saturated rings. The molecule has 8 heteroatoms. The number of imide groups is 1. The second kappa shape index (κ2) is 6.78. The number of nitrogens with zero attached hydrogens (tertiary/aromatic N) is 1. The molecule has 138 valence electrons. The lowest BCUT2D eigenvalue weighted by Crippen LogP contribution is -2.46. The summed E-state index contributed by atoms with van der Waals surface area (Å²) in [6, 6.07) is 5.93. The van der Waals surface area contributed by atoms with Gasteiger partial charge in [0.2, 0.25) is 5.91 Å². The Labute approximate surface area is 151 Å². The minimum Gasteiger partial charge on any atom is -0.352 e. The summed E-state index contributed by atoms with van der Waals surface area (Å²) in [6.07, 6.45) is 1.80. The molecule has 0 unspecified atom stereocenters. The summed E-state index contributed by atoms with van der Waals surface area (Å²) in [5.41, 5.74) is -0.0630. The first kappa shape index (κ1) is 17.9. The van der Waals surface area contributed by atoms with Crippen molar-refractivity contribution in [2.45, 2.75) is 32.2 Å². The molecule has 0 radical (unpaired) electrons. The van der Waals surface area contributed by atoms with Gasteiger partial charge in [-0.25, -0.2) is 4.79 Å². The molecule has 1 heterocycles. The zero-order valence-electron chi connectivity index (χ0n) is 14.8. The van der Waals surface area contributed by atoms with Crippen molar-refractivity contribution < 1.29 is 19.2 Å². The number of hydrogen-bond donors (Lipinski definition) is 3. The molecular weight excluding hydrogens is 336 g/mol. The second-order valence-corrected chi connectivity index (χ2v) is 6.79. The number of hydrogen-bond acceptors (Lipinski definition) is 4. The van der Waals surface area contributed by atoms with Crippen molar-refractivity contribution >= 4 is 29.4 Å². The normalized spacial score (nSPS) is 22.2. The largest absolute Gasteiger partial charge is 0.352 e. The van der Waals surface area contributed by atoms with Gasteiger partial charge in [-0.1, -0.05) is 6.07 Å². The highest BCUT2D eigenvalue weighted by atomic mass is 16.2. The van der Waals surface area contributed by atoms with Crippen molar-refractivity contribution in [3.05, 3.63) is 29.8 Å². The molecule has 1 aliphatic heterocycles. The van der Waals surface area contributed by atoms with Gasteiger partial charge in [0.1, 0.15) is 12.1 Å². The number of benzene rings is 1. The Morgan fingerprint density at radius 2 is 2.04 bits per heavy atom. The van der Waals surface area contributed by atoms with Crippen molar-refractivity contribution in [2.75, 3.05) is 18.4 Å². The molecule has 1 aromatic rings. The van der Waals surface area contributed by atoms with Gasteiger partial charge >= 0.3 is 6.03 Å². The lowest BCUT2D eigenvalue weighted by Gasteiger charge is -2.20. The Morgan fingerprint density at radius 1 is 1.31 bits per heavy atom. The van der Waals surface area contributed by atoms with Crippen molar-refractivity contribution in [2.24, 2.45) is 5.92 Å². The summed E-state index contributed by atoms with van der Waals surface area (Å²) in [4.78, 5) is 49.7. The fourth-order valence-corrected chi connectivity index (χ4v) is 3.14. The quantitative estimate of drug-likeness (QED) is 0.662. The summed E-state index contributed by atoms with van der Waals surface area (Å²) < 4.78 is 0. The van der Waals surface area contributed by atoms with Crippen LogP contribution in [0.3, 0.4) is 0 Å². The maximum Gasteiger partial charge on any atom is 0.325 e. The summed E-state index contributed by atoms with van der Waals surface area (Å²) in [5.74, 6) is -0.962. The van der Waals surface area contributed by atoms with Crippen LogP contribution in [-0.4, -0.2) is 47.3 Å². The van der Waals surface area contributed by atoms with Crippen LogP contribution in [0.5, 0.6) is 0 Å².